The normalized spacial score (nSPS) is 21.0. The molecule has 1 amide bonds. The van der Waals surface area contributed by atoms with Gasteiger partial charge in [-0.15, -0.1) is 0 Å². The molecule has 6 nitrogen and oxygen atoms in total. The molecule has 25 heavy (non-hydrogen) atoms. The lowest BCUT2D eigenvalue weighted by Gasteiger charge is -2.21. The molecule has 1 saturated carbocycles. The monoisotopic (exact) mass is 341 g/mol. The van der Waals surface area contributed by atoms with Crippen molar-refractivity contribution in [2.45, 2.75) is 25.8 Å². The topological polar surface area (TPSA) is 56.6 Å². The average Bonchev–Trinajstić information content (AvgIpc) is 3.34. The van der Waals surface area contributed by atoms with Crippen molar-refractivity contribution in [3.8, 4) is 11.5 Å². The van der Waals surface area contributed by atoms with Gasteiger partial charge in [-0.05, 0) is 37.0 Å². The Morgan fingerprint density at radius 1 is 1.32 bits per heavy atom. The molecule has 6 heteroatoms. The summed E-state index contributed by atoms with van der Waals surface area (Å²) in [7, 11) is 1.89. The van der Waals surface area contributed by atoms with Crippen LogP contribution in [0, 0.1) is 5.92 Å². The SMILES string of the molecule is CCN(Cc1cnn(C)c1)C(=O)[C@@H]1C[C@H]1c1ccc2c(c1)OCCO2. The van der Waals surface area contributed by atoms with Gasteiger partial charge < -0.3 is 14.4 Å². The summed E-state index contributed by atoms with van der Waals surface area (Å²) in [6, 6.07) is 6.05. The number of carbonyl (C=O) groups excluding carboxylic acids is 1. The van der Waals surface area contributed by atoms with Crippen LogP contribution in [0.3, 0.4) is 0 Å². The van der Waals surface area contributed by atoms with E-state index in [9.17, 15) is 4.79 Å². The van der Waals surface area contributed by atoms with Gasteiger partial charge in [-0.1, -0.05) is 6.07 Å². The molecule has 2 aromatic rings. The molecular formula is C19H23N3O3. The lowest BCUT2D eigenvalue weighted by atomic mass is 10.1. The first-order chi connectivity index (χ1) is 12.2. The van der Waals surface area contributed by atoms with Crippen molar-refractivity contribution in [3.63, 3.8) is 0 Å². The van der Waals surface area contributed by atoms with Crippen LogP contribution in [0.2, 0.25) is 0 Å². The Bertz CT molecular complexity index is 786. The minimum atomic E-state index is 0.0687. The zero-order valence-electron chi connectivity index (χ0n) is 14.6. The number of amides is 1. The second-order valence-corrected chi connectivity index (χ2v) is 6.73. The van der Waals surface area contributed by atoms with E-state index in [4.69, 9.17) is 9.47 Å². The van der Waals surface area contributed by atoms with Crippen molar-refractivity contribution < 1.29 is 14.3 Å². The molecule has 1 fully saturated rings. The highest BCUT2D eigenvalue weighted by Gasteiger charge is 2.45. The first-order valence-corrected chi connectivity index (χ1v) is 8.81. The van der Waals surface area contributed by atoms with Crippen molar-refractivity contribution in [2.75, 3.05) is 19.8 Å². The number of carbonyl (C=O) groups is 1. The number of hydrogen-bond acceptors (Lipinski definition) is 4. The summed E-state index contributed by atoms with van der Waals surface area (Å²) >= 11 is 0. The molecule has 1 aromatic carbocycles. The minimum absolute atomic E-state index is 0.0687. The number of aryl methyl sites for hydroxylation is 1. The van der Waals surface area contributed by atoms with Gasteiger partial charge in [0.2, 0.25) is 5.91 Å². The number of benzene rings is 1. The van der Waals surface area contributed by atoms with E-state index in [1.807, 2.05) is 43.4 Å². The molecule has 132 valence electrons. The maximum Gasteiger partial charge on any atom is 0.226 e. The Morgan fingerprint density at radius 2 is 2.12 bits per heavy atom. The van der Waals surface area contributed by atoms with Gasteiger partial charge in [0.1, 0.15) is 13.2 Å². The average molecular weight is 341 g/mol. The molecule has 0 unspecified atom stereocenters. The Morgan fingerprint density at radius 3 is 2.84 bits per heavy atom. The summed E-state index contributed by atoms with van der Waals surface area (Å²) in [5.74, 6) is 2.17. The van der Waals surface area contributed by atoms with Crippen LogP contribution < -0.4 is 9.47 Å². The molecule has 2 aliphatic rings. The molecule has 0 bridgehead atoms. The number of ether oxygens (including phenoxy) is 2. The summed E-state index contributed by atoms with van der Waals surface area (Å²) < 4.78 is 13.0. The highest BCUT2D eigenvalue weighted by atomic mass is 16.6. The van der Waals surface area contributed by atoms with E-state index in [-0.39, 0.29) is 17.7 Å². The van der Waals surface area contributed by atoms with Crippen LogP contribution in [0.5, 0.6) is 11.5 Å². The summed E-state index contributed by atoms with van der Waals surface area (Å²) in [6.45, 7) is 4.52. The van der Waals surface area contributed by atoms with Gasteiger partial charge >= 0.3 is 0 Å². The molecule has 4 rings (SSSR count). The van der Waals surface area contributed by atoms with Gasteiger partial charge in [0.25, 0.3) is 0 Å². The number of aromatic nitrogens is 2. The fourth-order valence-electron chi connectivity index (χ4n) is 3.48. The molecular weight excluding hydrogens is 318 g/mol. The molecule has 0 radical (unpaired) electrons. The van der Waals surface area contributed by atoms with Crippen LogP contribution in [0.4, 0.5) is 0 Å². The Kier molecular flexibility index (Phi) is 4.11. The highest BCUT2D eigenvalue weighted by molar-refractivity contribution is 5.83. The van der Waals surface area contributed by atoms with Crippen LogP contribution >= 0.6 is 0 Å². The second-order valence-electron chi connectivity index (χ2n) is 6.73. The van der Waals surface area contributed by atoms with Crippen LogP contribution in [0.1, 0.15) is 30.4 Å². The van der Waals surface area contributed by atoms with Gasteiger partial charge in [0.05, 0.1) is 6.20 Å². The summed E-state index contributed by atoms with van der Waals surface area (Å²) in [6.07, 6.45) is 4.68. The smallest absolute Gasteiger partial charge is 0.226 e. The van der Waals surface area contributed by atoms with E-state index in [0.717, 1.165) is 23.5 Å². The first-order valence-electron chi connectivity index (χ1n) is 8.81. The number of hydrogen-bond donors (Lipinski definition) is 0. The quantitative estimate of drug-likeness (QED) is 0.838. The van der Waals surface area contributed by atoms with Crippen LogP contribution in [0.25, 0.3) is 0 Å². The summed E-state index contributed by atoms with van der Waals surface area (Å²) in [5.41, 5.74) is 2.23. The van der Waals surface area contributed by atoms with Gasteiger partial charge in [-0.25, -0.2) is 0 Å². The largest absolute Gasteiger partial charge is 0.486 e. The molecule has 1 aliphatic heterocycles. The number of fused-ring (bicyclic) bond motifs is 1. The van der Waals surface area contributed by atoms with Gasteiger partial charge in [0, 0.05) is 37.8 Å². The lowest BCUT2D eigenvalue weighted by molar-refractivity contribution is -0.133. The van der Waals surface area contributed by atoms with E-state index in [0.29, 0.717) is 26.3 Å². The highest BCUT2D eigenvalue weighted by Crippen LogP contribution is 2.50. The third kappa shape index (κ3) is 3.21. The summed E-state index contributed by atoms with van der Waals surface area (Å²) in [5, 5.41) is 4.18. The second kappa shape index (κ2) is 6.43. The molecule has 1 aliphatic carbocycles. The third-order valence-electron chi connectivity index (χ3n) is 4.93. The minimum Gasteiger partial charge on any atom is -0.486 e. The fourth-order valence-corrected chi connectivity index (χ4v) is 3.48. The third-order valence-corrected chi connectivity index (χ3v) is 4.93. The van der Waals surface area contributed by atoms with E-state index in [1.165, 1.54) is 5.56 Å². The van der Waals surface area contributed by atoms with Crippen molar-refractivity contribution in [3.05, 3.63) is 41.7 Å². The molecule has 1 aromatic heterocycles. The van der Waals surface area contributed by atoms with Gasteiger partial charge in [-0.2, -0.15) is 5.10 Å². The number of rotatable bonds is 5. The van der Waals surface area contributed by atoms with E-state index >= 15 is 0 Å². The number of nitrogens with zero attached hydrogens (tertiary/aromatic N) is 3. The maximum atomic E-state index is 12.9. The van der Waals surface area contributed by atoms with Crippen molar-refractivity contribution >= 4 is 5.91 Å². The van der Waals surface area contributed by atoms with Gasteiger partial charge in [0.15, 0.2) is 11.5 Å². The standard InChI is InChI=1S/C19H23N3O3/c1-3-22(12-13-10-20-21(2)11-13)19(23)16-9-15(16)14-4-5-17-18(8-14)25-7-6-24-17/h4-5,8,10-11,15-16H,3,6-7,9,12H2,1-2H3/t15-,16+/m0/s1. The van der Waals surface area contributed by atoms with Crippen molar-refractivity contribution in [2.24, 2.45) is 13.0 Å². The molecule has 0 spiro atoms. The molecule has 0 saturated heterocycles. The predicted octanol–water partition coefficient (Wildman–Crippen LogP) is 2.34. The van der Waals surface area contributed by atoms with Gasteiger partial charge in [-0.3, -0.25) is 9.48 Å². The Labute approximate surface area is 147 Å². The maximum absolute atomic E-state index is 12.9. The molecule has 0 N–H and O–H groups in total. The van der Waals surface area contributed by atoms with E-state index in [1.54, 1.807) is 4.68 Å². The van der Waals surface area contributed by atoms with E-state index < -0.39 is 0 Å². The lowest BCUT2D eigenvalue weighted by Crippen LogP contribution is -2.31. The molecule has 2 atom stereocenters. The van der Waals surface area contributed by atoms with Crippen molar-refractivity contribution in [1.29, 1.82) is 0 Å². The zero-order chi connectivity index (χ0) is 17.4. The van der Waals surface area contributed by atoms with Crippen LogP contribution in [-0.2, 0) is 18.4 Å². The van der Waals surface area contributed by atoms with Crippen LogP contribution in [0.15, 0.2) is 30.6 Å². The summed E-state index contributed by atoms with van der Waals surface area (Å²) in [4.78, 5) is 14.8. The van der Waals surface area contributed by atoms with E-state index in [2.05, 4.69) is 11.2 Å². The Hall–Kier alpha value is -2.50. The fraction of sp³-hybridized carbons (Fsp3) is 0.474. The Balaban J connectivity index is 1.43. The van der Waals surface area contributed by atoms with Crippen LogP contribution in [-0.4, -0.2) is 40.3 Å². The first kappa shape index (κ1) is 16.0. The zero-order valence-corrected chi connectivity index (χ0v) is 14.6. The van der Waals surface area contributed by atoms with Crippen molar-refractivity contribution in [1.82, 2.24) is 14.7 Å². The molecule has 2 heterocycles. The predicted molar refractivity (Wildman–Crippen MR) is 92.6 cm³/mol.